The Morgan fingerprint density at radius 2 is 2.13 bits per heavy atom. The first kappa shape index (κ1) is 20.4. The second-order valence-electron chi connectivity index (χ2n) is 6.66. The van der Waals surface area contributed by atoms with E-state index in [1.165, 1.54) is 43.9 Å². The first-order valence-electron chi connectivity index (χ1n) is 9.45. The van der Waals surface area contributed by atoms with Gasteiger partial charge in [-0.25, -0.2) is 19.8 Å². The van der Waals surface area contributed by atoms with Crippen molar-refractivity contribution in [1.82, 2.24) is 25.7 Å². The second kappa shape index (κ2) is 9.26. The number of amides is 1. The van der Waals surface area contributed by atoms with E-state index >= 15 is 0 Å². The molecule has 0 saturated carbocycles. The Bertz CT molecular complexity index is 1100. The Balaban J connectivity index is 1.42. The van der Waals surface area contributed by atoms with Crippen molar-refractivity contribution in [2.45, 2.75) is 6.10 Å². The summed E-state index contributed by atoms with van der Waals surface area (Å²) in [7, 11) is 1.48. The van der Waals surface area contributed by atoms with Gasteiger partial charge in [-0.15, -0.1) is 0 Å². The van der Waals surface area contributed by atoms with Crippen LogP contribution in [0.15, 0.2) is 54.0 Å². The summed E-state index contributed by atoms with van der Waals surface area (Å²) in [6, 6.07) is 7.75. The summed E-state index contributed by atoms with van der Waals surface area (Å²) in [6.07, 6.45) is 5.77. The van der Waals surface area contributed by atoms with E-state index in [4.69, 9.17) is 9.47 Å². The Kier molecular flexibility index (Phi) is 6.08. The molecule has 1 amide bonds. The van der Waals surface area contributed by atoms with Crippen LogP contribution in [0.4, 0.5) is 4.39 Å². The molecule has 1 fully saturated rings. The van der Waals surface area contributed by atoms with Gasteiger partial charge in [0, 0.05) is 36.5 Å². The summed E-state index contributed by atoms with van der Waals surface area (Å²) in [5.74, 6) is -0.0771. The summed E-state index contributed by atoms with van der Waals surface area (Å²) >= 11 is 0. The Morgan fingerprint density at radius 1 is 1.26 bits per heavy atom. The van der Waals surface area contributed by atoms with Gasteiger partial charge >= 0.3 is 0 Å². The van der Waals surface area contributed by atoms with Gasteiger partial charge in [-0.3, -0.25) is 9.78 Å². The zero-order valence-electron chi connectivity index (χ0n) is 16.6. The highest BCUT2D eigenvalue weighted by Gasteiger charge is 2.18. The topological polar surface area (TPSA) is 111 Å². The number of aromatic nitrogens is 3. The number of halogens is 1. The van der Waals surface area contributed by atoms with Crippen LogP contribution in [0.5, 0.6) is 11.6 Å². The van der Waals surface area contributed by atoms with Crippen molar-refractivity contribution in [3.05, 3.63) is 66.0 Å². The molecule has 1 aliphatic heterocycles. The maximum Gasteiger partial charge on any atom is 0.291 e. The van der Waals surface area contributed by atoms with E-state index in [-0.39, 0.29) is 17.4 Å². The molecular weight excluding hydrogens is 403 g/mol. The molecule has 0 bridgehead atoms. The number of carbonyl (C=O) groups excluding carboxylic acids is 1. The van der Waals surface area contributed by atoms with Gasteiger partial charge in [0.1, 0.15) is 23.4 Å². The molecule has 1 saturated heterocycles. The predicted molar refractivity (Wildman–Crippen MR) is 111 cm³/mol. The number of nitrogens with zero attached hydrogens (tertiary/aromatic N) is 4. The third-order valence-corrected chi connectivity index (χ3v) is 4.50. The van der Waals surface area contributed by atoms with Crippen molar-refractivity contribution in [3.63, 3.8) is 0 Å². The highest BCUT2D eigenvalue weighted by Crippen LogP contribution is 2.19. The molecule has 10 heteroatoms. The Morgan fingerprint density at radius 3 is 2.84 bits per heavy atom. The first-order valence-corrected chi connectivity index (χ1v) is 9.45. The molecule has 3 aromatic rings. The van der Waals surface area contributed by atoms with Crippen molar-refractivity contribution in [2.75, 3.05) is 20.2 Å². The fourth-order valence-electron chi connectivity index (χ4n) is 2.70. The average Bonchev–Trinajstić information content (AvgIpc) is 2.78. The minimum absolute atomic E-state index is 0.0571. The number of rotatable bonds is 7. The van der Waals surface area contributed by atoms with Crippen LogP contribution < -0.4 is 20.2 Å². The number of pyridine rings is 1. The van der Waals surface area contributed by atoms with Gasteiger partial charge in [0.05, 0.1) is 31.4 Å². The molecule has 0 unspecified atom stereocenters. The normalized spacial score (nSPS) is 13.6. The van der Waals surface area contributed by atoms with Crippen molar-refractivity contribution < 1.29 is 18.7 Å². The number of benzene rings is 1. The van der Waals surface area contributed by atoms with Crippen LogP contribution in [0.25, 0.3) is 11.3 Å². The molecule has 9 nitrogen and oxygen atoms in total. The summed E-state index contributed by atoms with van der Waals surface area (Å²) in [6.45, 7) is 1.61. The minimum atomic E-state index is -0.584. The lowest BCUT2D eigenvalue weighted by atomic mass is 10.2. The molecular formula is C21H19FN6O3. The van der Waals surface area contributed by atoms with Gasteiger partial charge in [0.2, 0.25) is 5.88 Å². The lowest BCUT2D eigenvalue weighted by Gasteiger charge is -2.27. The first-order chi connectivity index (χ1) is 15.1. The molecule has 0 spiro atoms. The standard InChI is InChI=1S/C21H19FN6O3/c1-30-15-3-4-17(22)14(6-15)8-26-28-21(29)19-12-24-11-18(27-19)13-2-5-20(25-7-13)31-16-9-23-10-16/h2-8,11-12,16,23H,9-10H2,1H3,(H,28,29)/b26-8+. The van der Waals surface area contributed by atoms with E-state index in [0.29, 0.717) is 22.9 Å². The summed E-state index contributed by atoms with van der Waals surface area (Å²) in [5.41, 5.74) is 3.70. The van der Waals surface area contributed by atoms with Gasteiger partial charge in [0.15, 0.2) is 0 Å². The smallest absolute Gasteiger partial charge is 0.291 e. The van der Waals surface area contributed by atoms with Crippen LogP contribution in [-0.4, -0.2) is 53.4 Å². The molecule has 1 aliphatic rings. The molecule has 4 rings (SSSR count). The van der Waals surface area contributed by atoms with E-state index < -0.39 is 11.7 Å². The van der Waals surface area contributed by atoms with Gasteiger partial charge < -0.3 is 14.8 Å². The lowest BCUT2D eigenvalue weighted by molar-refractivity contribution is 0.0950. The van der Waals surface area contributed by atoms with Crippen LogP contribution in [-0.2, 0) is 0 Å². The second-order valence-corrected chi connectivity index (χ2v) is 6.66. The molecule has 31 heavy (non-hydrogen) atoms. The molecule has 0 atom stereocenters. The summed E-state index contributed by atoms with van der Waals surface area (Å²) < 4.78 is 24.5. The number of methoxy groups -OCH3 is 1. The number of hydrogen-bond acceptors (Lipinski definition) is 8. The SMILES string of the molecule is COc1ccc(F)c(/C=N/NC(=O)c2cncc(-c3ccc(OC4CNC4)nc3)n2)c1. The number of nitrogens with one attached hydrogen (secondary N) is 2. The molecule has 2 N–H and O–H groups in total. The zero-order chi connectivity index (χ0) is 21.6. The fraction of sp³-hybridized carbons (Fsp3) is 0.190. The lowest BCUT2D eigenvalue weighted by Crippen LogP contribution is -2.50. The van der Waals surface area contributed by atoms with E-state index in [1.807, 2.05) is 0 Å². The van der Waals surface area contributed by atoms with Crippen LogP contribution in [0.3, 0.4) is 0 Å². The summed E-state index contributed by atoms with van der Waals surface area (Å²) in [4.78, 5) is 25.0. The summed E-state index contributed by atoms with van der Waals surface area (Å²) in [5, 5.41) is 6.91. The fourth-order valence-corrected chi connectivity index (χ4v) is 2.70. The number of hydrazone groups is 1. The van der Waals surface area contributed by atoms with Gasteiger partial charge in [-0.2, -0.15) is 5.10 Å². The van der Waals surface area contributed by atoms with Crippen LogP contribution >= 0.6 is 0 Å². The van der Waals surface area contributed by atoms with Gasteiger partial charge in [0.25, 0.3) is 5.91 Å². The maximum absolute atomic E-state index is 13.8. The van der Waals surface area contributed by atoms with E-state index in [2.05, 4.69) is 30.8 Å². The van der Waals surface area contributed by atoms with Crippen molar-refractivity contribution in [3.8, 4) is 22.9 Å². The van der Waals surface area contributed by atoms with Gasteiger partial charge in [-0.05, 0) is 24.3 Å². The third kappa shape index (κ3) is 4.98. The Hall–Kier alpha value is -3.92. The maximum atomic E-state index is 13.8. The monoisotopic (exact) mass is 422 g/mol. The quantitative estimate of drug-likeness (QED) is 0.441. The number of carbonyl (C=O) groups is 1. The molecule has 3 heterocycles. The van der Waals surface area contributed by atoms with Crippen LogP contribution in [0.1, 0.15) is 16.1 Å². The molecule has 0 radical (unpaired) electrons. The zero-order valence-corrected chi connectivity index (χ0v) is 16.6. The van der Waals surface area contributed by atoms with Crippen molar-refractivity contribution in [1.29, 1.82) is 0 Å². The van der Waals surface area contributed by atoms with Crippen LogP contribution in [0.2, 0.25) is 0 Å². The largest absolute Gasteiger partial charge is 0.497 e. The van der Waals surface area contributed by atoms with Crippen molar-refractivity contribution in [2.24, 2.45) is 5.10 Å². The third-order valence-electron chi connectivity index (χ3n) is 4.50. The minimum Gasteiger partial charge on any atom is -0.497 e. The highest BCUT2D eigenvalue weighted by atomic mass is 19.1. The highest BCUT2D eigenvalue weighted by molar-refractivity contribution is 5.93. The number of ether oxygens (including phenoxy) is 2. The molecule has 158 valence electrons. The van der Waals surface area contributed by atoms with Crippen molar-refractivity contribution >= 4 is 12.1 Å². The number of hydrogen-bond donors (Lipinski definition) is 2. The van der Waals surface area contributed by atoms with Gasteiger partial charge in [-0.1, -0.05) is 0 Å². The average molecular weight is 422 g/mol. The predicted octanol–water partition coefficient (Wildman–Crippen LogP) is 1.80. The van der Waals surface area contributed by atoms with Crippen LogP contribution in [0, 0.1) is 5.82 Å². The molecule has 2 aromatic heterocycles. The molecule has 1 aromatic carbocycles. The molecule has 0 aliphatic carbocycles. The van der Waals surface area contributed by atoms with E-state index in [1.54, 1.807) is 18.3 Å². The van der Waals surface area contributed by atoms with E-state index in [9.17, 15) is 9.18 Å². The Labute approximate surface area is 177 Å². The van der Waals surface area contributed by atoms with E-state index in [0.717, 1.165) is 13.1 Å².